The second-order valence-electron chi connectivity index (χ2n) is 7.22. The highest BCUT2D eigenvalue weighted by Gasteiger charge is 2.25. The minimum atomic E-state index is 0.0834. The van der Waals surface area contributed by atoms with Crippen LogP contribution in [0.2, 0.25) is 0 Å². The molecule has 0 aliphatic carbocycles. The molecule has 3 aromatic rings. The molecule has 1 aliphatic rings. The summed E-state index contributed by atoms with van der Waals surface area (Å²) in [6.07, 6.45) is 0.869. The average molecular weight is 415 g/mol. The number of thioether (sulfide) groups is 1. The van der Waals surface area contributed by atoms with E-state index < -0.39 is 0 Å². The van der Waals surface area contributed by atoms with Crippen LogP contribution in [0, 0.1) is 12.8 Å². The summed E-state index contributed by atoms with van der Waals surface area (Å²) in [7, 11) is 0. The molecule has 1 amide bonds. The molecule has 0 radical (unpaired) electrons. The lowest BCUT2D eigenvalue weighted by molar-refractivity contribution is -0.116. The number of aryl methyl sites for hydroxylation is 1. The second-order valence-corrected chi connectivity index (χ2v) is 9.22. The Morgan fingerprint density at radius 2 is 2.21 bits per heavy atom. The van der Waals surface area contributed by atoms with Gasteiger partial charge in [0.05, 0.1) is 16.5 Å². The maximum Gasteiger partial charge on any atom is 0.237 e. The van der Waals surface area contributed by atoms with Crippen LogP contribution in [-0.4, -0.2) is 43.4 Å². The summed E-state index contributed by atoms with van der Waals surface area (Å²) in [5, 5.41) is 15.6. The van der Waals surface area contributed by atoms with E-state index in [4.69, 9.17) is 0 Å². The fourth-order valence-electron chi connectivity index (χ4n) is 3.28. The maximum absolute atomic E-state index is 12.8. The first kappa shape index (κ1) is 19.1. The lowest BCUT2D eigenvalue weighted by Gasteiger charge is -2.17. The zero-order valence-corrected chi connectivity index (χ0v) is 17.8. The molecule has 0 atom stereocenters. The molecule has 0 saturated heterocycles. The Morgan fingerprint density at radius 1 is 1.36 bits per heavy atom. The quantitative estimate of drug-likeness (QED) is 0.575. The van der Waals surface area contributed by atoms with E-state index in [1.54, 1.807) is 16.0 Å². The van der Waals surface area contributed by atoms with Gasteiger partial charge in [-0.2, -0.15) is 0 Å². The van der Waals surface area contributed by atoms with E-state index in [0.29, 0.717) is 23.4 Å². The highest BCUT2D eigenvalue weighted by Crippen LogP contribution is 2.33. The number of hydrogen-bond acceptors (Lipinski definition) is 7. The number of thiazole rings is 1. The number of amides is 1. The molecular weight excluding hydrogens is 392 g/mol. The van der Waals surface area contributed by atoms with Crippen LogP contribution in [0.4, 0.5) is 5.69 Å². The highest BCUT2D eigenvalue weighted by molar-refractivity contribution is 7.99. The Morgan fingerprint density at radius 3 is 2.96 bits per heavy atom. The molecule has 28 heavy (non-hydrogen) atoms. The van der Waals surface area contributed by atoms with Crippen LogP contribution >= 0.6 is 23.1 Å². The average Bonchev–Trinajstić information content (AvgIpc) is 3.38. The first-order valence-corrected chi connectivity index (χ1v) is 11.1. The van der Waals surface area contributed by atoms with Gasteiger partial charge >= 0.3 is 0 Å². The van der Waals surface area contributed by atoms with E-state index in [9.17, 15) is 4.79 Å². The Bertz CT molecular complexity index is 996. The topological polar surface area (TPSA) is 76.8 Å². The minimum Gasteiger partial charge on any atom is -0.311 e. The number of nitrogens with zero attached hydrogens (tertiary/aromatic N) is 6. The summed E-state index contributed by atoms with van der Waals surface area (Å²) < 4.78 is 1.77. The monoisotopic (exact) mass is 414 g/mol. The van der Waals surface area contributed by atoms with Gasteiger partial charge < -0.3 is 4.90 Å². The fraction of sp³-hybridized carbons (Fsp3) is 0.421. The van der Waals surface area contributed by atoms with Crippen LogP contribution in [0.15, 0.2) is 28.7 Å². The summed E-state index contributed by atoms with van der Waals surface area (Å²) in [5.74, 6) is 0.852. The van der Waals surface area contributed by atoms with Crippen molar-refractivity contribution in [1.29, 1.82) is 0 Å². The van der Waals surface area contributed by atoms with Crippen molar-refractivity contribution in [3.8, 4) is 11.3 Å². The maximum atomic E-state index is 12.8. The van der Waals surface area contributed by atoms with Crippen molar-refractivity contribution >= 4 is 34.7 Å². The predicted octanol–water partition coefficient (Wildman–Crippen LogP) is 3.44. The number of hydrogen-bond donors (Lipinski definition) is 0. The zero-order chi connectivity index (χ0) is 19.7. The highest BCUT2D eigenvalue weighted by atomic mass is 32.2. The van der Waals surface area contributed by atoms with Gasteiger partial charge in [-0.3, -0.25) is 4.79 Å². The van der Waals surface area contributed by atoms with Crippen LogP contribution < -0.4 is 4.90 Å². The summed E-state index contributed by atoms with van der Waals surface area (Å²) in [6, 6.07) is 6.25. The van der Waals surface area contributed by atoms with Crippen LogP contribution in [0.25, 0.3) is 11.3 Å². The van der Waals surface area contributed by atoms with E-state index in [1.807, 2.05) is 17.9 Å². The SMILES string of the molecule is Cc1nc(-c2ccc3c(c2)CCN3C(=O)CSc2nnnn2CC(C)C)cs1. The lowest BCUT2D eigenvalue weighted by Crippen LogP contribution is -2.30. The van der Waals surface area contributed by atoms with E-state index in [-0.39, 0.29) is 5.91 Å². The van der Waals surface area contributed by atoms with Gasteiger partial charge in [0.15, 0.2) is 0 Å². The fourth-order valence-corrected chi connectivity index (χ4v) is 4.67. The Kier molecular flexibility index (Phi) is 5.45. The summed E-state index contributed by atoms with van der Waals surface area (Å²) >= 11 is 3.05. The van der Waals surface area contributed by atoms with Crippen molar-refractivity contribution in [3.63, 3.8) is 0 Å². The van der Waals surface area contributed by atoms with Crippen molar-refractivity contribution in [2.24, 2.45) is 5.92 Å². The van der Waals surface area contributed by atoms with E-state index >= 15 is 0 Å². The summed E-state index contributed by atoms with van der Waals surface area (Å²) in [4.78, 5) is 19.2. The van der Waals surface area contributed by atoms with Gasteiger partial charge in [0.25, 0.3) is 0 Å². The second kappa shape index (κ2) is 8.00. The Hall–Kier alpha value is -2.26. The van der Waals surface area contributed by atoms with Gasteiger partial charge in [-0.25, -0.2) is 9.67 Å². The Balaban J connectivity index is 1.44. The number of fused-ring (bicyclic) bond motifs is 1. The molecule has 7 nitrogen and oxygen atoms in total. The van der Waals surface area contributed by atoms with Crippen molar-refractivity contribution in [2.75, 3.05) is 17.2 Å². The zero-order valence-electron chi connectivity index (χ0n) is 16.1. The van der Waals surface area contributed by atoms with Gasteiger partial charge in [0.2, 0.25) is 11.1 Å². The van der Waals surface area contributed by atoms with E-state index in [0.717, 1.165) is 34.9 Å². The van der Waals surface area contributed by atoms with Crippen molar-refractivity contribution in [2.45, 2.75) is 38.9 Å². The number of aromatic nitrogens is 5. The van der Waals surface area contributed by atoms with Crippen LogP contribution in [-0.2, 0) is 17.8 Å². The first-order chi connectivity index (χ1) is 13.5. The van der Waals surface area contributed by atoms with Crippen LogP contribution in [0.1, 0.15) is 24.4 Å². The van der Waals surface area contributed by atoms with Gasteiger partial charge in [-0.1, -0.05) is 31.7 Å². The van der Waals surface area contributed by atoms with Gasteiger partial charge in [-0.05, 0) is 47.4 Å². The minimum absolute atomic E-state index is 0.0834. The largest absolute Gasteiger partial charge is 0.311 e. The first-order valence-electron chi connectivity index (χ1n) is 9.26. The molecule has 0 unspecified atom stereocenters. The molecule has 0 saturated carbocycles. The molecular formula is C19H22N6OS2. The standard InChI is InChI=1S/C19H22N6OS2/c1-12(2)9-25-19(21-22-23-25)28-11-18(26)24-7-6-15-8-14(4-5-17(15)24)16-10-27-13(3)20-16/h4-5,8,10,12H,6-7,9,11H2,1-3H3. The molecule has 146 valence electrons. The molecule has 9 heteroatoms. The molecule has 4 rings (SSSR count). The van der Waals surface area contributed by atoms with Gasteiger partial charge in [0, 0.05) is 29.7 Å². The molecule has 3 heterocycles. The molecule has 0 fully saturated rings. The number of tetrazole rings is 1. The van der Waals surface area contributed by atoms with E-state index in [1.165, 1.54) is 17.3 Å². The molecule has 0 N–H and O–H groups in total. The lowest BCUT2D eigenvalue weighted by atomic mass is 10.1. The van der Waals surface area contributed by atoms with Crippen molar-refractivity contribution < 1.29 is 4.79 Å². The third-order valence-corrected chi connectivity index (χ3v) is 6.27. The number of carbonyl (C=O) groups is 1. The third kappa shape index (κ3) is 3.95. The van der Waals surface area contributed by atoms with Crippen LogP contribution in [0.5, 0.6) is 0 Å². The number of anilines is 1. The predicted molar refractivity (Wildman–Crippen MR) is 112 cm³/mol. The number of benzene rings is 1. The molecule has 0 spiro atoms. The van der Waals surface area contributed by atoms with Gasteiger partial charge in [0.1, 0.15) is 0 Å². The van der Waals surface area contributed by atoms with Crippen LogP contribution in [0.3, 0.4) is 0 Å². The van der Waals surface area contributed by atoms with Crippen molar-refractivity contribution in [1.82, 2.24) is 25.2 Å². The van der Waals surface area contributed by atoms with E-state index in [2.05, 4.69) is 51.9 Å². The molecule has 1 aliphatic heterocycles. The van der Waals surface area contributed by atoms with Gasteiger partial charge in [-0.15, -0.1) is 16.4 Å². The summed E-state index contributed by atoms with van der Waals surface area (Å²) in [5.41, 5.74) is 4.32. The Labute approximate surface area is 172 Å². The smallest absolute Gasteiger partial charge is 0.237 e. The number of carbonyl (C=O) groups excluding carboxylic acids is 1. The molecule has 1 aromatic carbocycles. The summed E-state index contributed by atoms with van der Waals surface area (Å²) in [6.45, 7) is 7.70. The third-order valence-electron chi connectivity index (χ3n) is 4.55. The number of rotatable bonds is 6. The van der Waals surface area contributed by atoms with Crippen molar-refractivity contribution in [3.05, 3.63) is 34.2 Å². The molecule has 0 bridgehead atoms. The normalized spacial score (nSPS) is 13.4. The molecule has 2 aromatic heterocycles.